The molecule has 1 N–H and O–H groups in total. The maximum Gasteiger partial charge on any atom is 0.123 e. The van der Waals surface area contributed by atoms with Crippen LogP contribution in [0.2, 0.25) is 0 Å². The largest absolute Gasteiger partial charge is 0.494 e. The van der Waals surface area contributed by atoms with Crippen LogP contribution >= 0.6 is 11.6 Å². The van der Waals surface area contributed by atoms with Gasteiger partial charge in [-0.2, -0.15) is 0 Å². The van der Waals surface area contributed by atoms with E-state index in [-0.39, 0.29) is 0 Å². The molecule has 1 aromatic carbocycles. The van der Waals surface area contributed by atoms with Crippen LogP contribution in [0.4, 0.5) is 5.69 Å². The predicted octanol–water partition coefficient (Wildman–Crippen LogP) is 3.81. The van der Waals surface area contributed by atoms with Crippen molar-refractivity contribution in [3.05, 3.63) is 23.8 Å². The summed E-state index contributed by atoms with van der Waals surface area (Å²) >= 11 is 5.95. The number of hydrogen-bond acceptors (Lipinski definition) is 3. The molecular formula is C15H22ClNO2. The zero-order valence-corrected chi connectivity index (χ0v) is 12.2. The molecule has 3 nitrogen and oxygen atoms in total. The zero-order valence-electron chi connectivity index (χ0n) is 11.5. The second kappa shape index (κ2) is 7.61. The van der Waals surface area contributed by atoms with Crippen LogP contribution < -0.4 is 10.1 Å². The van der Waals surface area contributed by atoms with Gasteiger partial charge in [0.2, 0.25) is 0 Å². The molecule has 2 rings (SSSR count). The minimum absolute atomic E-state index is 0.433. The molecule has 0 aliphatic carbocycles. The third-order valence-corrected chi connectivity index (χ3v) is 3.61. The average Bonchev–Trinajstić information content (AvgIpc) is 2.94. The van der Waals surface area contributed by atoms with Gasteiger partial charge in [0.15, 0.2) is 0 Å². The van der Waals surface area contributed by atoms with Crippen LogP contribution in [0.15, 0.2) is 18.2 Å². The summed E-state index contributed by atoms with van der Waals surface area (Å²) in [7, 11) is 0. The number of anilines is 1. The van der Waals surface area contributed by atoms with Gasteiger partial charge in [0, 0.05) is 24.4 Å². The molecule has 1 heterocycles. The molecule has 0 spiro atoms. The van der Waals surface area contributed by atoms with Crippen LogP contribution in [-0.2, 0) is 10.6 Å². The van der Waals surface area contributed by atoms with E-state index in [2.05, 4.69) is 11.4 Å². The van der Waals surface area contributed by atoms with Gasteiger partial charge in [0.05, 0.1) is 18.6 Å². The number of ether oxygens (including phenoxy) is 2. The van der Waals surface area contributed by atoms with Crippen molar-refractivity contribution in [3.8, 4) is 5.75 Å². The summed E-state index contributed by atoms with van der Waals surface area (Å²) in [5.41, 5.74) is 2.13. The third-order valence-electron chi connectivity index (χ3n) is 3.32. The average molecular weight is 284 g/mol. The Morgan fingerprint density at radius 2 is 2.37 bits per heavy atom. The summed E-state index contributed by atoms with van der Waals surface area (Å²) in [5.74, 6) is 1.35. The number of rotatable bonds is 7. The van der Waals surface area contributed by atoms with E-state index in [4.69, 9.17) is 21.1 Å². The van der Waals surface area contributed by atoms with Gasteiger partial charge in [-0.1, -0.05) is 0 Å². The van der Waals surface area contributed by atoms with Crippen LogP contribution in [-0.4, -0.2) is 25.9 Å². The van der Waals surface area contributed by atoms with E-state index in [0.29, 0.717) is 18.6 Å². The minimum Gasteiger partial charge on any atom is -0.494 e. The SMILES string of the molecule is CCOc1ccc(NCCC2CCCO2)cc1CCl. The van der Waals surface area contributed by atoms with Crippen LogP contribution in [0.25, 0.3) is 0 Å². The highest BCUT2D eigenvalue weighted by atomic mass is 35.5. The summed E-state index contributed by atoms with van der Waals surface area (Å²) < 4.78 is 11.1. The molecule has 19 heavy (non-hydrogen) atoms. The first kappa shape index (κ1) is 14.5. The Labute approximate surface area is 120 Å². The molecule has 1 unspecified atom stereocenters. The molecule has 0 saturated carbocycles. The monoisotopic (exact) mass is 283 g/mol. The van der Waals surface area contributed by atoms with Gasteiger partial charge >= 0.3 is 0 Å². The van der Waals surface area contributed by atoms with Crippen molar-refractivity contribution in [2.24, 2.45) is 0 Å². The normalized spacial score (nSPS) is 18.5. The van der Waals surface area contributed by atoms with E-state index in [1.54, 1.807) is 0 Å². The molecule has 1 fully saturated rings. The molecule has 0 bridgehead atoms. The highest BCUT2D eigenvalue weighted by Crippen LogP contribution is 2.25. The fourth-order valence-electron chi connectivity index (χ4n) is 2.34. The Bertz CT molecular complexity index is 392. The lowest BCUT2D eigenvalue weighted by atomic mass is 10.1. The van der Waals surface area contributed by atoms with Gasteiger partial charge in [0.1, 0.15) is 5.75 Å². The molecule has 1 aromatic rings. The molecule has 0 amide bonds. The Kier molecular flexibility index (Phi) is 5.80. The van der Waals surface area contributed by atoms with Crippen molar-refractivity contribution in [2.45, 2.75) is 38.2 Å². The number of halogens is 1. The Balaban J connectivity index is 1.85. The lowest BCUT2D eigenvalue weighted by Gasteiger charge is -2.13. The highest BCUT2D eigenvalue weighted by molar-refractivity contribution is 6.17. The van der Waals surface area contributed by atoms with Crippen molar-refractivity contribution in [1.82, 2.24) is 0 Å². The Hall–Kier alpha value is -0.930. The lowest BCUT2D eigenvalue weighted by molar-refractivity contribution is 0.107. The molecule has 1 saturated heterocycles. The molecule has 0 aromatic heterocycles. The van der Waals surface area contributed by atoms with Gasteiger partial charge in [-0.15, -0.1) is 11.6 Å². The van der Waals surface area contributed by atoms with Gasteiger partial charge in [-0.25, -0.2) is 0 Å². The maximum absolute atomic E-state index is 5.95. The molecule has 1 aliphatic rings. The number of nitrogens with one attached hydrogen (secondary N) is 1. The van der Waals surface area contributed by atoms with Gasteiger partial charge in [-0.3, -0.25) is 0 Å². The highest BCUT2D eigenvalue weighted by Gasteiger charge is 2.14. The van der Waals surface area contributed by atoms with Gasteiger partial charge < -0.3 is 14.8 Å². The van der Waals surface area contributed by atoms with E-state index in [1.165, 1.54) is 12.8 Å². The van der Waals surface area contributed by atoms with Crippen molar-refractivity contribution >= 4 is 17.3 Å². The molecule has 106 valence electrons. The van der Waals surface area contributed by atoms with Crippen LogP contribution in [0, 0.1) is 0 Å². The topological polar surface area (TPSA) is 30.5 Å². The zero-order chi connectivity index (χ0) is 13.5. The van der Waals surface area contributed by atoms with Crippen LogP contribution in [0.5, 0.6) is 5.75 Å². The Morgan fingerprint density at radius 3 is 3.05 bits per heavy atom. The summed E-state index contributed by atoms with van der Waals surface area (Å²) in [6.07, 6.45) is 3.88. The third kappa shape index (κ3) is 4.29. The summed E-state index contributed by atoms with van der Waals surface area (Å²) in [6, 6.07) is 6.08. The standard InChI is InChI=1S/C15H22ClNO2/c1-2-18-15-6-5-13(10-12(15)11-16)17-8-7-14-4-3-9-19-14/h5-6,10,14,17H,2-4,7-9,11H2,1H3. The van der Waals surface area contributed by atoms with E-state index >= 15 is 0 Å². The first-order chi connectivity index (χ1) is 9.33. The lowest BCUT2D eigenvalue weighted by Crippen LogP contribution is -2.12. The smallest absolute Gasteiger partial charge is 0.123 e. The van der Waals surface area contributed by atoms with E-state index in [1.807, 2.05) is 19.1 Å². The van der Waals surface area contributed by atoms with Crippen LogP contribution in [0.1, 0.15) is 31.7 Å². The van der Waals surface area contributed by atoms with E-state index < -0.39 is 0 Å². The second-order valence-electron chi connectivity index (χ2n) is 4.74. The molecule has 4 heteroatoms. The fraction of sp³-hybridized carbons (Fsp3) is 0.600. The van der Waals surface area contributed by atoms with E-state index in [9.17, 15) is 0 Å². The number of benzene rings is 1. The molecular weight excluding hydrogens is 262 g/mol. The van der Waals surface area contributed by atoms with Crippen molar-refractivity contribution < 1.29 is 9.47 Å². The van der Waals surface area contributed by atoms with Gasteiger partial charge in [-0.05, 0) is 44.4 Å². The summed E-state index contributed by atoms with van der Waals surface area (Å²) in [6.45, 7) is 4.49. The Morgan fingerprint density at radius 1 is 1.47 bits per heavy atom. The van der Waals surface area contributed by atoms with Crippen molar-refractivity contribution in [2.75, 3.05) is 25.1 Å². The molecule has 1 atom stereocenters. The molecule has 0 radical (unpaired) electrons. The maximum atomic E-state index is 5.95. The first-order valence-electron chi connectivity index (χ1n) is 7.00. The second-order valence-corrected chi connectivity index (χ2v) is 5.01. The van der Waals surface area contributed by atoms with Crippen LogP contribution in [0.3, 0.4) is 0 Å². The number of alkyl halides is 1. The van der Waals surface area contributed by atoms with Crippen molar-refractivity contribution in [3.63, 3.8) is 0 Å². The van der Waals surface area contributed by atoms with Gasteiger partial charge in [0.25, 0.3) is 0 Å². The number of hydrogen-bond donors (Lipinski definition) is 1. The molecule has 1 aliphatic heterocycles. The summed E-state index contributed by atoms with van der Waals surface area (Å²) in [4.78, 5) is 0. The van der Waals surface area contributed by atoms with E-state index in [0.717, 1.165) is 36.6 Å². The predicted molar refractivity (Wildman–Crippen MR) is 79.2 cm³/mol. The minimum atomic E-state index is 0.433. The van der Waals surface area contributed by atoms with Crippen molar-refractivity contribution in [1.29, 1.82) is 0 Å². The first-order valence-corrected chi connectivity index (χ1v) is 7.54. The summed E-state index contributed by atoms with van der Waals surface area (Å²) in [5, 5.41) is 3.42. The quantitative estimate of drug-likeness (QED) is 0.772. The fourth-order valence-corrected chi connectivity index (χ4v) is 2.55.